The first-order chi connectivity index (χ1) is 12.4. The Labute approximate surface area is 154 Å². The van der Waals surface area contributed by atoms with Crippen LogP contribution in [-0.4, -0.2) is 37.0 Å². The van der Waals surface area contributed by atoms with Crippen LogP contribution >= 0.6 is 11.8 Å². The molecule has 1 aromatic carbocycles. The van der Waals surface area contributed by atoms with E-state index in [0.717, 1.165) is 0 Å². The Morgan fingerprint density at radius 3 is 2.73 bits per heavy atom. The fraction of sp³-hybridized carbons (Fsp3) is 0.389. The topological polar surface area (TPSA) is 109 Å². The maximum atomic E-state index is 12.3. The highest BCUT2D eigenvalue weighted by atomic mass is 32.2. The van der Waals surface area contributed by atoms with Crippen LogP contribution in [0, 0.1) is 6.92 Å². The van der Waals surface area contributed by atoms with Crippen molar-refractivity contribution < 1.29 is 23.8 Å². The maximum Gasteiger partial charge on any atom is 0.340 e. The SMILES string of the molecule is COc1ccc2c(C)c(CC(=O)N[C@@H](CCSC)C(=O)[O-])c(=O)oc2c1. The highest BCUT2D eigenvalue weighted by molar-refractivity contribution is 7.98. The molecule has 0 fully saturated rings. The minimum atomic E-state index is -1.35. The molecule has 0 radical (unpaired) electrons. The lowest BCUT2D eigenvalue weighted by atomic mass is 10.0. The third-order valence-corrected chi connectivity index (χ3v) is 4.71. The summed E-state index contributed by atoms with van der Waals surface area (Å²) in [4.78, 5) is 35.6. The lowest BCUT2D eigenvalue weighted by Crippen LogP contribution is -2.48. The number of ether oxygens (including phenoxy) is 1. The number of rotatable bonds is 8. The first-order valence-corrected chi connectivity index (χ1v) is 9.36. The lowest BCUT2D eigenvalue weighted by Gasteiger charge is -2.19. The van der Waals surface area contributed by atoms with Crippen LogP contribution in [0.5, 0.6) is 5.75 Å². The predicted molar refractivity (Wildman–Crippen MR) is 97.4 cm³/mol. The van der Waals surface area contributed by atoms with Crippen molar-refractivity contribution in [1.29, 1.82) is 0 Å². The summed E-state index contributed by atoms with van der Waals surface area (Å²) in [5.74, 6) is -0.792. The third kappa shape index (κ3) is 4.57. The predicted octanol–water partition coefficient (Wildman–Crippen LogP) is 0.640. The molecule has 1 N–H and O–H groups in total. The summed E-state index contributed by atoms with van der Waals surface area (Å²) in [5.41, 5.74) is 0.543. The van der Waals surface area contributed by atoms with Gasteiger partial charge in [0, 0.05) is 11.5 Å². The number of aryl methyl sites for hydroxylation is 1. The van der Waals surface area contributed by atoms with E-state index in [1.54, 1.807) is 25.1 Å². The number of amides is 1. The van der Waals surface area contributed by atoms with E-state index < -0.39 is 23.5 Å². The number of hydrogen-bond acceptors (Lipinski definition) is 7. The standard InChI is InChI=1S/C18H21NO6S/c1-10-12-5-4-11(24-2)8-15(12)25-18(23)13(10)9-16(20)19-14(17(21)22)6-7-26-3/h4-5,8,14H,6-7,9H2,1-3H3,(H,19,20)(H,21,22)/p-1/t14-/m0/s1. The van der Waals surface area contributed by atoms with Crippen molar-refractivity contribution in [3.05, 3.63) is 39.7 Å². The summed E-state index contributed by atoms with van der Waals surface area (Å²) >= 11 is 1.47. The van der Waals surface area contributed by atoms with Crippen molar-refractivity contribution in [2.75, 3.05) is 19.1 Å². The molecule has 26 heavy (non-hydrogen) atoms. The second-order valence-electron chi connectivity index (χ2n) is 5.75. The van der Waals surface area contributed by atoms with Crippen LogP contribution in [0.2, 0.25) is 0 Å². The number of aliphatic carboxylic acids is 1. The Balaban J connectivity index is 2.25. The van der Waals surface area contributed by atoms with Gasteiger partial charge in [0.25, 0.3) is 0 Å². The molecule has 0 spiro atoms. The lowest BCUT2D eigenvalue weighted by molar-refractivity contribution is -0.308. The van der Waals surface area contributed by atoms with Gasteiger partial charge >= 0.3 is 5.63 Å². The van der Waals surface area contributed by atoms with E-state index in [4.69, 9.17) is 9.15 Å². The number of carbonyl (C=O) groups is 2. The van der Waals surface area contributed by atoms with Gasteiger partial charge in [-0.15, -0.1) is 0 Å². The molecule has 7 nitrogen and oxygen atoms in total. The van der Waals surface area contributed by atoms with Crippen molar-refractivity contribution in [2.24, 2.45) is 0 Å². The highest BCUT2D eigenvalue weighted by Gasteiger charge is 2.18. The van der Waals surface area contributed by atoms with E-state index >= 15 is 0 Å². The molecule has 140 valence electrons. The average Bonchev–Trinajstić information content (AvgIpc) is 2.61. The maximum absolute atomic E-state index is 12.3. The Morgan fingerprint density at radius 1 is 1.38 bits per heavy atom. The van der Waals surface area contributed by atoms with Gasteiger partial charge in [0.1, 0.15) is 11.3 Å². The molecule has 0 unspecified atom stereocenters. The van der Waals surface area contributed by atoms with Gasteiger partial charge in [-0.05, 0) is 43.0 Å². The van der Waals surface area contributed by atoms with Gasteiger partial charge in [-0.2, -0.15) is 11.8 Å². The number of fused-ring (bicyclic) bond motifs is 1. The Hall–Kier alpha value is -2.48. The number of hydrogen-bond donors (Lipinski definition) is 1. The molecule has 0 aliphatic heterocycles. The third-order valence-electron chi connectivity index (χ3n) is 4.06. The zero-order chi connectivity index (χ0) is 19.3. The molecule has 1 atom stereocenters. The van der Waals surface area contributed by atoms with Crippen molar-refractivity contribution >= 4 is 34.6 Å². The summed E-state index contributed by atoms with van der Waals surface area (Å²) < 4.78 is 10.4. The van der Waals surface area contributed by atoms with Crippen LogP contribution < -0.4 is 20.8 Å². The van der Waals surface area contributed by atoms with Crippen molar-refractivity contribution in [1.82, 2.24) is 5.32 Å². The smallest absolute Gasteiger partial charge is 0.340 e. The molecule has 2 rings (SSSR count). The Bertz CT molecular complexity index is 876. The van der Waals surface area contributed by atoms with Gasteiger partial charge in [-0.25, -0.2) is 4.79 Å². The fourth-order valence-corrected chi connectivity index (χ4v) is 3.07. The first-order valence-electron chi connectivity index (χ1n) is 7.96. The molecule has 2 aromatic rings. The Kier molecular flexibility index (Phi) is 6.68. The number of methoxy groups -OCH3 is 1. The molecule has 1 heterocycles. The van der Waals surface area contributed by atoms with Gasteiger partial charge in [0.15, 0.2) is 0 Å². The number of nitrogens with one attached hydrogen (secondary N) is 1. The van der Waals surface area contributed by atoms with Crippen LogP contribution in [0.3, 0.4) is 0 Å². The van der Waals surface area contributed by atoms with E-state index in [0.29, 0.717) is 28.0 Å². The largest absolute Gasteiger partial charge is 0.548 e. The number of carbonyl (C=O) groups excluding carboxylic acids is 2. The van der Waals surface area contributed by atoms with Crippen LogP contribution in [0.15, 0.2) is 27.4 Å². The minimum absolute atomic E-state index is 0.196. The van der Waals surface area contributed by atoms with Crippen LogP contribution in [-0.2, 0) is 16.0 Å². The van der Waals surface area contributed by atoms with E-state index in [1.165, 1.54) is 18.9 Å². The fourth-order valence-electron chi connectivity index (χ4n) is 2.60. The molecule has 0 saturated carbocycles. The molecule has 0 aliphatic rings. The second kappa shape index (κ2) is 8.75. The summed E-state index contributed by atoms with van der Waals surface area (Å²) in [5, 5.41) is 14.2. The van der Waals surface area contributed by atoms with Crippen molar-refractivity contribution in [2.45, 2.75) is 25.8 Å². The van der Waals surface area contributed by atoms with Crippen LogP contribution in [0.4, 0.5) is 0 Å². The number of carboxylic acid groups (broad SMARTS) is 1. The normalized spacial score (nSPS) is 12.0. The van der Waals surface area contributed by atoms with E-state index in [1.807, 2.05) is 6.26 Å². The number of thioether (sulfide) groups is 1. The molecule has 0 bridgehead atoms. The average molecular weight is 378 g/mol. The van der Waals surface area contributed by atoms with Gasteiger partial charge in [0.2, 0.25) is 5.91 Å². The molecule has 1 aromatic heterocycles. The molecular formula is C18H20NO6S-. The first kappa shape index (κ1) is 19.8. The Morgan fingerprint density at radius 2 is 2.12 bits per heavy atom. The van der Waals surface area contributed by atoms with E-state index in [-0.39, 0.29) is 18.4 Å². The van der Waals surface area contributed by atoms with Gasteiger partial charge in [-0.3, -0.25) is 4.79 Å². The minimum Gasteiger partial charge on any atom is -0.548 e. The van der Waals surface area contributed by atoms with Gasteiger partial charge in [-0.1, -0.05) is 0 Å². The van der Waals surface area contributed by atoms with E-state index in [2.05, 4.69) is 5.32 Å². The summed E-state index contributed by atoms with van der Waals surface area (Å²) in [6, 6.07) is 3.98. The summed E-state index contributed by atoms with van der Waals surface area (Å²) in [7, 11) is 1.51. The van der Waals surface area contributed by atoms with E-state index in [9.17, 15) is 19.5 Å². The molecular weight excluding hydrogens is 358 g/mol. The highest BCUT2D eigenvalue weighted by Crippen LogP contribution is 2.24. The molecule has 8 heteroatoms. The van der Waals surface area contributed by atoms with Crippen LogP contribution in [0.1, 0.15) is 17.5 Å². The molecule has 0 aliphatic carbocycles. The zero-order valence-electron chi connectivity index (χ0n) is 14.8. The number of carboxylic acids is 1. The van der Waals surface area contributed by atoms with Crippen molar-refractivity contribution in [3.8, 4) is 5.75 Å². The van der Waals surface area contributed by atoms with Crippen molar-refractivity contribution in [3.63, 3.8) is 0 Å². The van der Waals surface area contributed by atoms with Gasteiger partial charge < -0.3 is 24.4 Å². The quantitative estimate of drug-likeness (QED) is 0.672. The van der Waals surface area contributed by atoms with Crippen LogP contribution in [0.25, 0.3) is 11.0 Å². The monoisotopic (exact) mass is 378 g/mol. The second-order valence-corrected chi connectivity index (χ2v) is 6.74. The summed E-state index contributed by atoms with van der Waals surface area (Å²) in [6.07, 6.45) is 1.83. The molecule has 0 saturated heterocycles. The number of benzene rings is 1. The zero-order valence-corrected chi connectivity index (χ0v) is 15.6. The summed E-state index contributed by atoms with van der Waals surface area (Å²) in [6.45, 7) is 1.72. The van der Waals surface area contributed by atoms with Gasteiger partial charge in [0.05, 0.1) is 31.1 Å². The molecule has 1 amide bonds.